The van der Waals surface area contributed by atoms with Crippen molar-refractivity contribution in [2.24, 2.45) is 5.92 Å². The van der Waals surface area contributed by atoms with Crippen molar-refractivity contribution in [3.05, 3.63) is 47.8 Å². The van der Waals surface area contributed by atoms with Gasteiger partial charge in [-0.15, -0.1) is 5.10 Å². The quantitative estimate of drug-likeness (QED) is 0.794. The second-order valence-electron chi connectivity index (χ2n) is 7.98. The van der Waals surface area contributed by atoms with Crippen LogP contribution < -0.4 is 10.6 Å². The van der Waals surface area contributed by atoms with E-state index in [1.54, 1.807) is 10.9 Å². The molecule has 7 heteroatoms. The number of nitrogens with one attached hydrogen (secondary N) is 2. The first-order valence-electron chi connectivity index (χ1n) is 10.3. The second-order valence-corrected chi connectivity index (χ2v) is 7.98. The van der Waals surface area contributed by atoms with Crippen molar-refractivity contribution < 1.29 is 9.53 Å². The predicted octanol–water partition coefficient (Wildman–Crippen LogP) is 1.76. The molecule has 2 fully saturated rings. The Bertz CT molecular complexity index is 764. The largest absolute Gasteiger partial charge is 0.381 e. The summed E-state index contributed by atoms with van der Waals surface area (Å²) in [5.74, 6) is 0.393. The minimum absolute atomic E-state index is 0.0844. The standard InChI is InChI=1S/C21H29N5O2/c27-20(19-15-26(25-24-19)14-17-5-4-10-22-13-17)23-16-21(8-11-28-12-9-21)18-6-2-1-3-7-18/h1-3,6-7,15,17,22H,4-5,8-14,16H2,(H,23,27). The Morgan fingerprint density at radius 1 is 1.29 bits per heavy atom. The van der Waals surface area contributed by atoms with Crippen LogP contribution in [0.5, 0.6) is 0 Å². The summed E-state index contributed by atoms with van der Waals surface area (Å²) in [4.78, 5) is 12.7. The topological polar surface area (TPSA) is 81.1 Å². The van der Waals surface area contributed by atoms with Crippen LogP contribution in [0.3, 0.4) is 0 Å². The fourth-order valence-electron chi connectivity index (χ4n) is 4.30. The van der Waals surface area contributed by atoms with Gasteiger partial charge in [0.2, 0.25) is 0 Å². The van der Waals surface area contributed by atoms with E-state index in [4.69, 9.17) is 4.74 Å². The lowest BCUT2D eigenvalue weighted by Gasteiger charge is -2.37. The molecule has 4 rings (SSSR count). The average Bonchev–Trinajstić information content (AvgIpc) is 3.23. The van der Waals surface area contributed by atoms with E-state index >= 15 is 0 Å². The van der Waals surface area contributed by atoms with Gasteiger partial charge < -0.3 is 15.4 Å². The SMILES string of the molecule is O=C(NCC1(c2ccccc2)CCOCC1)c1cn(CC2CCCNC2)nn1. The number of nitrogens with zero attached hydrogens (tertiary/aromatic N) is 3. The van der Waals surface area contributed by atoms with E-state index in [2.05, 4.69) is 45.2 Å². The van der Waals surface area contributed by atoms with Crippen molar-refractivity contribution in [1.29, 1.82) is 0 Å². The molecule has 2 aromatic rings. The zero-order chi connectivity index (χ0) is 19.2. The van der Waals surface area contributed by atoms with Gasteiger partial charge in [0.05, 0.1) is 6.20 Å². The van der Waals surface area contributed by atoms with E-state index in [-0.39, 0.29) is 11.3 Å². The highest BCUT2D eigenvalue weighted by Crippen LogP contribution is 2.34. The molecule has 1 atom stereocenters. The average molecular weight is 383 g/mol. The van der Waals surface area contributed by atoms with Gasteiger partial charge in [-0.3, -0.25) is 9.48 Å². The number of amides is 1. The molecule has 3 heterocycles. The van der Waals surface area contributed by atoms with Gasteiger partial charge in [0, 0.05) is 31.7 Å². The highest BCUT2D eigenvalue weighted by molar-refractivity contribution is 5.91. The smallest absolute Gasteiger partial charge is 0.273 e. The lowest BCUT2D eigenvalue weighted by atomic mass is 9.74. The maximum atomic E-state index is 12.7. The molecule has 2 aliphatic heterocycles. The summed E-state index contributed by atoms with van der Waals surface area (Å²) in [7, 11) is 0. The van der Waals surface area contributed by atoms with E-state index in [1.807, 2.05) is 6.07 Å². The molecule has 0 spiro atoms. The monoisotopic (exact) mass is 383 g/mol. The fourth-order valence-corrected chi connectivity index (χ4v) is 4.30. The molecule has 1 unspecified atom stereocenters. The third-order valence-electron chi connectivity index (χ3n) is 6.04. The van der Waals surface area contributed by atoms with Gasteiger partial charge in [0.1, 0.15) is 0 Å². The fraction of sp³-hybridized carbons (Fsp3) is 0.571. The van der Waals surface area contributed by atoms with Crippen molar-refractivity contribution in [3.8, 4) is 0 Å². The maximum absolute atomic E-state index is 12.7. The summed E-state index contributed by atoms with van der Waals surface area (Å²) in [6.45, 7) is 4.92. The number of carbonyl (C=O) groups is 1. The first-order chi connectivity index (χ1) is 13.8. The van der Waals surface area contributed by atoms with E-state index in [9.17, 15) is 4.79 Å². The first kappa shape index (κ1) is 19.1. The Labute approximate surface area is 165 Å². The van der Waals surface area contributed by atoms with E-state index in [0.29, 0.717) is 18.2 Å². The Kier molecular flexibility index (Phi) is 6.02. The molecule has 28 heavy (non-hydrogen) atoms. The van der Waals surface area contributed by atoms with Gasteiger partial charge >= 0.3 is 0 Å². The summed E-state index contributed by atoms with van der Waals surface area (Å²) in [6.07, 6.45) is 5.95. The first-order valence-corrected chi connectivity index (χ1v) is 10.3. The molecule has 2 saturated heterocycles. The van der Waals surface area contributed by atoms with Gasteiger partial charge in [-0.2, -0.15) is 0 Å². The third kappa shape index (κ3) is 4.42. The van der Waals surface area contributed by atoms with Gasteiger partial charge in [0.25, 0.3) is 5.91 Å². The molecule has 2 N–H and O–H groups in total. The predicted molar refractivity (Wildman–Crippen MR) is 106 cm³/mol. The molecule has 0 radical (unpaired) electrons. The number of rotatable bonds is 6. The molecular formula is C21H29N5O2. The Balaban J connectivity index is 1.38. The number of carbonyl (C=O) groups excluding carboxylic acids is 1. The zero-order valence-electron chi connectivity index (χ0n) is 16.3. The van der Waals surface area contributed by atoms with Gasteiger partial charge in [-0.25, -0.2) is 0 Å². The number of aromatic nitrogens is 3. The van der Waals surface area contributed by atoms with Gasteiger partial charge in [0.15, 0.2) is 5.69 Å². The van der Waals surface area contributed by atoms with Crippen LogP contribution in [0, 0.1) is 5.92 Å². The maximum Gasteiger partial charge on any atom is 0.273 e. The van der Waals surface area contributed by atoms with E-state index in [1.165, 1.54) is 18.4 Å². The lowest BCUT2D eigenvalue weighted by molar-refractivity contribution is 0.0486. The third-order valence-corrected chi connectivity index (χ3v) is 6.04. The second kappa shape index (κ2) is 8.84. The Morgan fingerprint density at radius 3 is 2.86 bits per heavy atom. The van der Waals surface area contributed by atoms with Crippen LogP contribution in [0.25, 0.3) is 0 Å². The number of hydrogen-bond donors (Lipinski definition) is 2. The molecule has 7 nitrogen and oxygen atoms in total. The Morgan fingerprint density at radius 2 is 2.11 bits per heavy atom. The molecule has 2 aliphatic rings. The van der Waals surface area contributed by atoms with E-state index < -0.39 is 0 Å². The van der Waals surface area contributed by atoms with Crippen molar-refractivity contribution in [2.75, 3.05) is 32.8 Å². The summed E-state index contributed by atoms with van der Waals surface area (Å²) in [5, 5.41) is 14.8. The minimum Gasteiger partial charge on any atom is -0.381 e. The summed E-state index contributed by atoms with van der Waals surface area (Å²) in [6, 6.07) is 10.4. The van der Waals surface area contributed by atoms with Gasteiger partial charge in [-0.05, 0) is 50.3 Å². The van der Waals surface area contributed by atoms with Crippen LogP contribution in [0.2, 0.25) is 0 Å². The number of hydrogen-bond acceptors (Lipinski definition) is 5. The van der Waals surface area contributed by atoms with Crippen LogP contribution in [0.15, 0.2) is 36.5 Å². The summed E-state index contributed by atoms with van der Waals surface area (Å²) in [5.41, 5.74) is 1.56. The zero-order valence-corrected chi connectivity index (χ0v) is 16.3. The van der Waals surface area contributed by atoms with Gasteiger partial charge in [-0.1, -0.05) is 35.5 Å². The molecule has 1 amide bonds. The van der Waals surface area contributed by atoms with Crippen molar-refractivity contribution >= 4 is 5.91 Å². The number of piperidine rings is 1. The minimum atomic E-state index is -0.158. The number of benzene rings is 1. The van der Waals surface area contributed by atoms with Crippen LogP contribution in [0.4, 0.5) is 0 Å². The molecule has 1 aromatic heterocycles. The van der Waals surface area contributed by atoms with Crippen LogP contribution in [-0.2, 0) is 16.7 Å². The van der Waals surface area contributed by atoms with Crippen LogP contribution in [0.1, 0.15) is 41.7 Å². The molecule has 0 aliphatic carbocycles. The van der Waals surface area contributed by atoms with Crippen LogP contribution >= 0.6 is 0 Å². The Hall–Kier alpha value is -2.25. The molecule has 1 aromatic carbocycles. The highest BCUT2D eigenvalue weighted by atomic mass is 16.5. The molecule has 150 valence electrons. The molecule has 0 saturated carbocycles. The normalized spacial score (nSPS) is 21.9. The summed E-state index contributed by atoms with van der Waals surface area (Å²) < 4.78 is 7.37. The van der Waals surface area contributed by atoms with Crippen LogP contribution in [-0.4, -0.2) is 53.7 Å². The lowest BCUT2D eigenvalue weighted by Crippen LogP contribution is -2.44. The summed E-state index contributed by atoms with van der Waals surface area (Å²) >= 11 is 0. The number of ether oxygens (including phenoxy) is 1. The van der Waals surface area contributed by atoms with Crippen molar-refractivity contribution in [2.45, 2.75) is 37.6 Å². The highest BCUT2D eigenvalue weighted by Gasteiger charge is 2.35. The van der Waals surface area contributed by atoms with Crippen molar-refractivity contribution in [1.82, 2.24) is 25.6 Å². The molecule has 0 bridgehead atoms. The van der Waals surface area contributed by atoms with E-state index in [0.717, 1.165) is 45.7 Å². The molecular weight excluding hydrogens is 354 g/mol. The van der Waals surface area contributed by atoms with Crippen molar-refractivity contribution in [3.63, 3.8) is 0 Å².